The summed E-state index contributed by atoms with van der Waals surface area (Å²) in [7, 11) is 0. The predicted octanol–water partition coefficient (Wildman–Crippen LogP) is 6.08. The van der Waals surface area contributed by atoms with Crippen molar-refractivity contribution in [3.63, 3.8) is 0 Å². The molecule has 9 heteroatoms. The molecule has 1 saturated carbocycles. The highest BCUT2D eigenvalue weighted by molar-refractivity contribution is 7.82. The van der Waals surface area contributed by atoms with Crippen LogP contribution in [0.4, 0.5) is 0 Å². The van der Waals surface area contributed by atoms with Gasteiger partial charge < -0.3 is 25.9 Å². The van der Waals surface area contributed by atoms with Crippen molar-refractivity contribution in [1.29, 1.82) is 5.41 Å². The van der Waals surface area contributed by atoms with E-state index >= 15 is 0 Å². The largest absolute Gasteiger partial charge is 0.355 e. The second kappa shape index (κ2) is 13.7. The Kier molecular flexibility index (Phi) is 9.96. The topological polar surface area (TPSA) is 104 Å². The fraction of sp³-hybridized carbons (Fsp3) is 0.515. The fourth-order valence-corrected chi connectivity index (χ4v) is 7.37. The minimum atomic E-state index is -0.204. The lowest BCUT2D eigenvalue weighted by molar-refractivity contribution is -0.132. The number of nitrogens with two attached hydrogens (primary N) is 1. The van der Waals surface area contributed by atoms with Crippen LogP contribution in [0.1, 0.15) is 76.3 Å². The molecule has 1 aromatic carbocycles. The minimum absolute atomic E-state index is 0.0479. The number of aromatic nitrogens is 1. The van der Waals surface area contributed by atoms with E-state index < -0.39 is 0 Å². The summed E-state index contributed by atoms with van der Waals surface area (Å²) in [6.45, 7) is 4.13. The van der Waals surface area contributed by atoms with Gasteiger partial charge in [0.1, 0.15) is 0 Å². The molecule has 42 heavy (non-hydrogen) atoms. The highest BCUT2D eigenvalue weighted by Gasteiger charge is 2.29. The van der Waals surface area contributed by atoms with E-state index in [0.29, 0.717) is 42.7 Å². The minimum Gasteiger partial charge on any atom is -0.355 e. The van der Waals surface area contributed by atoms with Gasteiger partial charge in [-0.25, -0.2) is 0 Å². The van der Waals surface area contributed by atoms with Crippen LogP contribution in [0.3, 0.4) is 0 Å². The zero-order chi connectivity index (χ0) is 29.8. The quantitative estimate of drug-likeness (QED) is 0.301. The van der Waals surface area contributed by atoms with Gasteiger partial charge in [0, 0.05) is 83.7 Å². The Labute approximate surface area is 259 Å². The third kappa shape index (κ3) is 7.21. The van der Waals surface area contributed by atoms with Crippen LogP contribution in [-0.2, 0) is 16.1 Å². The molecule has 2 fully saturated rings. The third-order valence-electron chi connectivity index (χ3n) is 9.09. The number of nitrogens with zero attached hydrogens (tertiary/aromatic N) is 2. The number of carbonyl (C=O) groups is 2. The van der Waals surface area contributed by atoms with Crippen LogP contribution >= 0.6 is 23.8 Å². The summed E-state index contributed by atoms with van der Waals surface area (Å²) in [5, 5.41) is 12.6. The molecule has 3 atom stereocenters. The number of hydrogen-bond acceptors (Lipinski definition) is 5. The van der Waals surface area contributed by atoms with Gasteiger partial charge in [-0.2, -0.15) is 0 Å². The lowest BCUT2D eigenvalue weighted by atomic mass is 9.78. The number of allylic oxidation sites excluding steroid dienone is 3. The number of thiocarbonyl (C=S) groups is 1. The summed E-state index contributed by atoms with van der Waals surface area (Å²) in [6, 6.07) is 7.89. The van der Waals surface area contributed by atoms with E-state index in [-0.39, 0.29) is 23.8 Å². The first kappa shape index (κ1) is 30.6. The van der Waals surface area contributed by atoms with Crippen LogP contribution in [0.5, 0.6) is 0 Å². The van der Waals surface area contributed by atoms with Crippen molar-refractivity contribution < 1.29 is 9.59 Å². The SMILES string of the molecule is CC(=O)NCCn1c(C2CCCN(C(=O)CC(N)CC3=CC=C(C4CCC(=N)C(=S)C4)CC3)C2)cc2c(Cl)cccc21. The van der Waals surface area contributed by atoms with Gasteiger partial charge in [0.05, 0.1) is 0 Å². The average molecular weight is 608 g/mol. The van der Waals surface area contributed by atoms with Gasteiger partial charge in [-0.1, -0.05) is 53.2 Å². The van der Waals surface area contributed by atoms with Crippen LogP contribution in [-0.4, -0.2) is 57.5 Å². The van der Waals surface area contributed by atoms with Crippen molar-refractivity contribution in [3.05, 3.63) is 58.3 Å². The molecule has 0 bridgehead atoms. The first-order chi connectivity index (χ1) is 20.2. The summed E-state index contributed by atoms with van der Waals surface area (Å²) >= 11 is 12.0. The summed E-state index contributed by atoms with van der Waals surface area (Å²) in [6.07, 6.45) is 12.1. The number of fused-ring (bicyclic) bond motifs is 1. The molecule has 0 radical (unpaired) electrons. The van der Waals surface area contributed by atoms with Gasteiger partial charge in [-0.05, 0) is 75.5 Å². The van der Waals surface area contributed by atoms with Crippen LogP contribution in [0, 0.1) is 11.3 Å². The van der Waals surface area contributed by atoms with Crippen molar-refractivity contribution in [1.82, 2.24) is 14.8 Å². The van der Waals surface area contributed by atoms with Gasteiger partial charge in [0.15, 0.2) is 0 Å². The second-order valence-electron chi connectivity index (χ2n) is 12.1. The maximum absolute atomic E-state index is 13.4. The molecule has 224 valence electrons. The highest BCUT2D eigenvalue weighted by Crippen LogP contribution is 2.36. The van der Waals surface area contributed by atoms with Crippen molar-refractivity contribution in [2.75, 3.05) is 19.6 Å². The summed E-state index contributed by atoms with van der Waals surface area (Å²) in [5.41, 5.74) is 12.1. The lowest BCUT2D eigenvalue weighted by Crippen LogP contribution is -2.42. The molecule has 1 aromatic heterocycles. The molecule has 5 rings (SSSR count). The number of carbonyl (C=O) groups excluding carboxylic acids is 2. The first-order valence-corrected chi connectivity index (χ1v) is 16.0. The number of rotatable bonds is 9. The Balaban J connectivity index is 1.20. The highest BCUT2D eigenvalue weighted by atomic mass is 35.5. The Morgan fingerprint density at radius 1 is 1.19 bits per heavy atom. The fourth-order valence-electron chi connectivity index (χ4n) is 6.84. The number of piperidine rings is 1. The predicted molar refractivity (Wildman–Crippen MR) is 174 cm³/mol. The van der Waals surface area contributed by atoms with Crippen LogP contribution in [0.25, 0.3) is 10.9 Å². The first-order valence-electron chi connectivity index (χ1n) is 15.2. The number of halogens is 1. The Morgan fingerprint density at radius 2 is 2.02 bits per heavy atom. The molecule has 0 spiro atoms. The smallest absolute Gasteiger partial charge is 0.224 e. The number of nitrogens with one attached hydrogen (secondary N) is 2. The zero-order valence-electron chi connectivity index (χ0n) is 24.5. The standard InChI is InChI=1S/C33H42ClN5O2S/c1-21(40)37-13-15-39-30-6-2-5-28(34)27(30)19-31(39)25-4-3-14-38(20-25)33(41)18-26(35)16-22-7-9-23(10-8-22)24-11-12-29(36)32(42)17-24/h2,5-7,9,19,24-26,36H,3-4,8,10-18,20,35H2,1H3,(H,37,40). The molecular formula is C33H42ClN5O2S. The van der Waals surface area contributed by atoms with E-state index in [0.717, 1.165) is 79.4 Å². The number of likely N-dealkylation sites (tertiary alicyclic amines) is 1. The number of benzene rings is 1. The van der Waals surface area contributed by atoms with Gasteiger partial charge >= 0.3 is 0 Å². The van der Waals surface area contributed by atoms with Crippen molar-refractivity contribution in [2.24, 2.45) is 11.7 Å². The van der Waals surface area contributed by atoms with E-state index in [1.165, 1.54) is 18.1 Å². The summed E-state index contributed by atoms with van der Waals surface area (Å²) in [4.78, 5) is 27.7. The number of amides is 2. The van der Waals surface area contributed by atoms with Crippen LogP contribution in [0.2, 0.25) is 5.02 Å². The van der Waals surface area contributed by atoms with Crippen molar-refractivity contribution in [3.8, 4) is 0 Å². The van der Waals surface area contributed by atoms with Gasteiger partial charge in [-0.3, -0.25) is 9.59 Å². The maximum atomic E-state index is 13.4. The molecule has 1 saturated heterocycles. The van der Waals surface area contributed by atoms with E-state index in [1.807, 2.05) is 17.0 Å². The van der Waals surface area contributed by atoms with E-state index in [9.17, 15) is 9.59 Å². The van der Waals surface area contributed by atoms with E-state index in [2.05, 4.69) is 34.2 Å². The monoisotopic (exact) mass is 607 g/mol. The third-order valence-corrected chi connectivity index (χ3v) is 9.83. The average Bonchev–Trinajstić information content (AvgIpc) is 3.34. The molecule has 2 aliphatic carbocycles. The van der Waals surface area contributed by atoms with Gasteiger partial charge in [-0.15, -0.1) is 0 Å². The normalized spacial score (nSPS) is 22.1. The molecule has 2 heterocycles. The summed E-state index contributed by atoms with van der Waals surface area (Å²) in [5.74, 6) is 0.734. The number of hydrogen-bond donors (Lipinski definition) is 3. The lowest BCUT2D eigenvalue weighted by Gasteiger charge is -2.34. The van der Waals surface area contributed by atoms with Crippen molar-refractivity contribution >= 4 is 57.1 Å². The Morgan fingerprint density at radius 3 is 2.76 bits per heavy atom. The Bertz CT molecular complexity index is 1440. The summed E-state index contributed by atoms with van der Waals surface area (Å²) < 4.78 is 2.25. The molecule has 1 aliphatic heterocycles. The van der Waals surface area contributed by atoms with Gasteiger partial charge in [0.2, 0.25) is 11.8 Å². The molecule has 3 unspecified atom stereocenters. The van der Waals surface area contributed by atoms with Gasteiger partial charge in [0.25, 0.3) is 0 Å². The molecule has 7 nitrogen and oxygen atoms in total. The van der Waals surface area contributed by atoms with Crippen LogP contribution < -0.4 is 11.1 Å². The molecule has 3 aliphatic rings. The van der Waals surface area contributed by atoms with Crippen LogP contribution in [0.15, 0.2) is 47.6 Å². The Hall–Kier alpha value is -2.81. The molecular weight excluding hydrogens is 566 g/mol. The molecule has 2 amide bonds. The second-order valence-corrected chi connectivity index (χ2v) is 13.0. The molecule has 4 N–H and O–H groups in total. The maximum Gasteiger partial charge on any atom is 0.224 e. The zero-order valence-corrected chi connectivity index (χ0v) is 26.0. The molecule has 2 aromatic rings. The van der Waals surface area contributed by atoms with E-state index in [1.54, 1.807) is 0 Å². The van der Waals surface area contributed by atoms with Crippen molar-refractivity contribution in [2.45, 2.75) is 83.2 Å². The van der Waals surface area contributed by atoms with E-state index in [4.69, 9.17) is 35.0 Å².